The minimum absolute atomic E-state index is 0.0769. The maximum absolute atomic E-state index is 12.4. The molecule has 104 valence electrons. The minimum Gasteiger partial charge on any atom is -0.398 e. The Balaban J connectivity index is 2.70. The first-order valence-electron chi connectivity index (χ1n) is 6.01. The lowest BCUT2D eigenvalue weighted by molar-refractivity contribution is 0.103. The topological polar surface area (TPSA) is 87.1 Å². The number of benzene rings is 1. The highest BCUT2D eigenvalue weighted by atomic mass is 16.2. The van der Waals surface area contributed by atoms with Crippen LogP contribution < -0.4 is 17.0 Å². The summed E-state index contributed by atoms with van der Waals surface area (Å²) in [6, 6.07) is 5.05. The zero-order valence-electron chi connectivity index (χ0n) is 11.5. The summed E-state index contributed by atoms with van der Waals surface area (Å²) >= 11 is 0. The van der Waals surface area contributed by atoms with Crippen molar-refractivity contribution in [3.05, 3.63) is 61.9 Å². The van der Waals surface area contributed by atoms with Gasteiger partial charge in [-0.25, -0.2) is 4.79 Å². The third kappa shape index (κ3) is 2.05. The van der Waals surface area contributed by atoms with Gasteiger partial charge in [0.25, 0.3) is 5.56 Å². The van der Waals surface area contributed by atoms with Gasteiger partial charge >= 0.3 is 5.69 Å². The zero-order chi connectivity index (χ0) is 15.0. The van der Waals surface area contributed by atoms with Gasteiger partial charge in [0.2, 0.25) is 5.78 Å². The molecule has 0 atom stereocenters. The number of rotatable bonds is 2. The molecule has 2 rings (SSSR count). The molecule has 0 aliphatic rings. The molecule has 0 radical (unpaired) electrons. The Morgan fingerprint density at radius 2 is 1.80 bits per heavy atom. The van der Waals surface area contributed by atoms with Crippen molar-refractivity contribution in [2.24, 2.45) is 14.1 Å². The highest BCUT2D eigenvalue weighted by molar-refractivity contribution is 6.12. The number of carbonyl (C=O) groups excluding carboxylic acids is 1. The average molecular weight is 273 g/mol. The molecule has 1 aromatic carbocycles. The Kier molecular flexibility index (Phi) is 3.31. The predicted molar refractivity (Wildman–Crippen MR) is 75.9 cm³/mol. The van der Waals surface area contributed by atoms with Crippen molar-refractivity contribution in [1.29, 1.82) is 0 Å². The largest absolute Gasteiger partial charge is 0.398 e. The van der Waals surface area contributed by atoms with E-state index in [4.69, 9.17) is 5.73 Å². The molecule has 0 saturated heterocycles. The predicted octanol–water partition coefficient (Wildman–Crippen LogP) is 0.206. The zero-order valence-corrected chi connectivity index (χ0v) is 11.5. The molecule has 2 N–H and O–H groups in total. The van der Waals surface area contributed by atoms with Crippen LogP contribution in [-0.2, 0) is 14.1 Å². The number of hydrogen-bond donors (Lipinski definition) is 1. The Bertz CT molecular complexity index is 815. The first-order chi connectivity index (χ1) is 9.34. The number of carbonyl (C=O) groups is 1. The smallest absolute Gasteiger partial charge is 0.330 e. The SMILES string of the molecule is Cc1cccc(C(=O)c2cn(C)c(=O)n(C)c2=O)c1N. The van der Waals surface area contributed by atoms with Gasteiger partial charge in [-0.1, -0.05) is 12.1 Å². The van der Waals surface area contributed by atoms with E-state index in [-0.39, 0.29) is 11.1 Å². The average Bonchev–Trinajstić information content (AvgIpc) is 2.43. The number of nitrogen functional groups attached to an aromatic ring is 1. The van der Waals surface area contributed by atoms with Crippen molar-refractivity contribution in [3.8, 4) is 0 Å². The van der Waals surface area contributed by atoms with Crippen molar-refractivity contribution in [1.82, 2.24) is 9.13 Å². The van der Waals surface area contributed by atoms with Crippen LogP contribution in [0.15, 0.2) is 34.0 Å². The van der Waals surface area contributed by atoms with E-state index in [0.29, 0.717) is 5.69 Å². The molecule has 0 amide bonds. The van der Waals surface area contributed by atoms with E-state index >= 15 is 0 Å². The number of anilines is 1. The highest BCUT2D eigenvalue weighted by Crippen LogP contribution is 2.18. The van der Waals surface area contributed by atoms with Gasteiger partial charge in [-0.05, 0) is 18.6 Å². The first kappa shape index (κ1) is 13.8. The molecule has 0 spiro atoms. The maximum atomic E-state index is 12.4. The van der Waals surface area contributed by atoms with Crippen molar-refractivity contribution >= 4 is 11.5 Å². The summed E-state index contributed by atoms with van der Waals surface area (Å²) in [5.41, 5.74) is 6.06. The molecule has 0 saturated carbocycles. The highest BCUT2D eigenvalue weighted by Gasteiger charge is 2.19. The number of para-hydroxylation sites is 1. The molecular formula is C14H15N3O3. The van der Waals surface area contributed by atoms with Gasteiger partial charge in [0.05, 0.1) is 0 Å². The molecular weight excluding hydrogens is 258 g/mol. The molecule has 20 heavy (non-hydrogen) atoms. The fourth-order valence-corrected chi connectivity index (χ4v) is 1.99. The van der Waals surface area contributed by atoms with Crippen molar-refractivity contribution in [2.75, 3.05) is 5.73 Å². The molecule has 0 aliphatic heterocycles. The molecule has 0 bridgehead atoms. The third-order valence-electron chi connectivity index (χ3n) is 3.26. The van der Waals surface area contributed by atoms with Gasteiger partial charge in [0.1, 0.15) is 5.56 Å². The maximum Gasteiger partial charge on any atom is 0.330 e. The summed E-state index contributed by atoms with van der Waals surface area (Å²) in [5, 5.41) is 0. The second-order valence-corrected chi connectivity index (χ2v) is 4.67. The Hall–Kier alpha value is -2.63. The normalized spacial score (nSPS) is 10.6. The van der Waals surface area contributed by atoms with Crippen LogP contribution in [0.5, 0.6) is 0 Å². The fourth-order valence-electron chi connectivity index (χ4n) is 1.99. The molecule has 1 aromatic heterocycles. The summed E-state index contributed by atoms with van der Waals surface area (Å²) in [6.07, 6.45) is 1.24. The number of nitrogens with two attached hydrogens (primary N) is 1. The van der Waals surface area contributed by atoms with Crippen LogP contribution in [-0.4, -0.2) is 14.9 Å². The van der Waals surface area contributed by atoms with Gasteiger partial charge < -0.3 is 10.3 Å². The molecule has 1 heterocycles. The van der Waals surface area contributed by atoms with Crippen LogP contribution >= 0.6 is 0 Å². The van der Waals surface area contributed by atoms with E-state index in [1.165, 1.54) is 24.9 Å². The molecule has 0 fully saturated rings. The Morgan fingerprint density at radius 3 is 2.45 bits per heavy atom. The van der Waals surface area contributed by atoms with Crippen LogP contribution in [0.3, 0.4) is 0 Å². The number of aryl methyl sites for hydroxylation is 2. The molecule has 6 nitrogen and oxygen atoms in total. The van der Waals surface area contributed by atoms with Gasteiger partial charge in [0, 0.05) is 31.5 Å². The van der Waals surface area contributed by atoms with E-state index in [2.05, 4.69) is 0 Å². The summed E-state index contributed by atoms with van der Waals surface area (Å²) in [4.78, 5) is 36.1. The van der Waals surface area contributed by atoms with Gasteiger partial charge in [-0.2, -0.15) is 0 Å². The standard InChI is InChI=1S/C14H15N3O3/c1-8-5-4-6-9(11(8)15)12(18)10-7-16(2)14(20)17(3)13(10)19/h4-7H,15H2,1-3H3. The van der Waals surface area contributed by atoms with Crippen LogP contribution in [0, 0.1) is 6.92 Å². The molecule has 2 aromatic rings. The lowest BCUT2D eigenvalue weighted by Crippen LogP contribution is -2.39. The molecule has 0 unspecified atom stereocenters. The van der Waals surface area contributed by atoms with Crippen LogP contribution in [0.4, 0.5) is 5.69 Å². The van der Waals surface area contributed by atoms with Crippen LogP contribution in [0.2, 0.25) is 0 Å². The van der Waals surface area contributed by atoms with Crippen LogP contribution in [0.1, 0.15) is 21.5 Å². The van der Waals surface area contributed by atoms with Gasteiger partial charge in [0.15, 0.2) is 0 Å². The second-order valence-electron chi connectivity index (χ2n) is 4.67. The van der Waals surface area contributed by atoms with Crippen LogP contribution in [0.25, 0.3) is 0 Å². The Labute approximate surface area is 115 Å². The number of nitrogens with zero attached hydrogens (tertiary/aromatic N) is 2. The second kappa shape index (κ2) is 4.80. The Morgan fingerprint density at radius 1 is 1.15 bits per heavy atom. The van der Waals surface area contributed by atoms with Crippen molar-refractivity contribution in [2.45, 2.75) is 6.92 Å². The summed E-state index contributed by atoms with van der Waals surface area (Å²) in [5.74, 6) is -0.484. The third-order valence-corrected chi connectivity index (χ3v) is 3.26. The lowest BCUT2D eigenvalue weighted by atomic mass is 10.0. The molecule has 6 heteroatoms. The monoisotopic (exact) mass is 273 g/mol. The summed E-state index contributed by atoms with van der Waals surface area (Å²) in [6.45, 7) is 1.78. The van der Waals surface area contributed by atoms with E-state index in [0.717, 1.165) is 10.1 Å². The quantitative estimate of drug-likeness (QED) is 0.625. The number of hydrogen-bond acceptors (Lipinski definition) is 4. The van der Waals surface area contributed by atoms with Crippen molar-refractivity contribution < 1.29 is 4.79 Å². The first-order valence-corrected chi connectivity index (χ1v) is 6.01. The molecule has 0 aliphatic carbocycles. The number of aromatic nitrogens is 2. The van der Waals surface area contributed by atoms with E-state index in [9.17, 15) is 14.4 Å². The lowest BCUT2D eigenvalue weighted by Gasteiger charge is -2.09. The summed E-state index contributed by atoms with van der Waals surface area (Å²) < 4.78 is 2.10. The van der Waals surface area contributed by atoms with Gasteiger partial charge in [-0.3, -0.25) is 14.2 Å². The summed E-state index contributed by atoms with van der Waals surface area (Å²) in [7, 11) is 2.82. The van der Waals surface area contributed by atoms with Crippen molar-refractivity contribution in [3.63, 3.8) is 0 Å². The van der Waals surface area contributed by atoms with E-state index in [1.54, 1.807) is 25.1 Å². The fraction of sp³-hybridized carbons (Fsp3) is 0.214. The minimum atomic E-state index is -0.626. The number of ketones is 1. The van der Waals surface area contributed by atoms with E-state index in [1.807, 2.05) is 0 Å². The van der Waals surface area contributed by atoms with E-state index < -0.39 is 17.0 Å². The van der Waals surface area contributed by atoms with Gasteiger partial charge in [-0.15, -0.1) is 0 Å².